The Morgan fingerprint density at radius 3 is 2.89 bits per heavy atom. The van der Waals surface area contributed by atoms with Crippen LogP contribution in [0.2, 0.25) is 0 Å². The summed E-state index contributed by atoms with van der Waals surface area (Å²) in [4.78, 5) is 21.2. The van der Waals surface area contributed by atoms with Gasteiger partial charge in [-0.05, 0) is 26.3 Å². The van der Waals surface area contributed by atoms with Gasteiger partial charge in [0.25, 0.3) is 0 Å². The minimum absolute atomic E-state index is 0.200. The SMILES string of the molecule is CCCNc1ncc(Cn2c(C)cc(C)nc2=O)s1. The highest BCUT2D eigenvalue weighted by Crippen LogP contribution is 2.18. The predicted octanol–water partition coefficient (Wildman–Crippen LogP) is 2.19. The van der Waals surface area contributed by atoms with Crippen LogP contribution in [0.3, 0.4) is 0 Å². The molecule has 0 fully saturated rings. The highest BCUT2D eigenvalue weighted by Gasteiger charge is 2.07. The maximum Gasteiger partial charge on any atom is 0.348 e. The third-order valence-corrected chi connectivity index (χ3v) is 3.68. The number of anilines is 1. The molecule has 2 rings (SSSR count). The van der Waals surface area contributed by atoms with Gasteiger partial charge in [0.1, 0.15) is 0 Å². The summed E-state index contributed by atoms with van der Waals surface area (Å²) in [7, 11) is 0. The topological polar surface area (TPSA) is 59.8 Å². The van der Waals surface area contributed by atoms with E-state index in [1.807, 2.05) is 26.1 Å². The Morgan fingerprint density at radius 2 is 2.21 bits per heavy atom. The number of nitrogens with one attached hydrogen (secondary N) is 1. The predicted molar refractivity (Wildman–Crippen MR) is 78.0 cm³/mol. The molecule has 102 valence electrons. The molecule has 1 N–H and O–H groups in total. The third kappa shape index (κ3) is 3.41. The van der Waals surface area contributed by atoms with Gasteiger partial charge >= 0.3 is 5.69 Å². The van der Waals surface area contributed by atoms with Crippen molar-refractivity contribution in [3.63, 3.8) is 0 Å². The first-order chi connectivity index (χ1) is 9.10. The van der Waals surface area contributed by atoms with Crippen molar-refractivity contribution >= 4 is 16.5 Å². The lowest BCUT2D eigenvalue weighted by Crippen LogP contribution is -2.25. The highest BCUT2D eigenvalue weighted by atomic mass is 32.1. The van der Waals surface area contributed by atoms with Crippen LogP contribution in [0.4, 0.5) is 5.13 Å². The van der Waals surface area contributed by atoms with E-state index < -0.39 is 0 Å². The Hall–Kier alpha value is -1.69. The van der Waals surface area contributed by atoms with Crippen LogP contribution in [0.1, 0.15) is 29.6 Å². The maximum atomic E-state index is 11.9. The van der Waals surface area contributed by atoms with E-state index in [1.165, 1.54) is 0 Å². The summed E-state index contributed by atoms with van der Waals surface area (Å²) in [5.41, 5.74) is 1.48. The van der Waals surface area contributed by atoms with Crippen molar-refractivity contribution in [3.05, 3.63) is 39.0 Å². The second-order valence-corrected chi connectivity index (χ2v) is 5.58. The zero-order valence-corrected chi connectivity index (χ0v) is 12.3. The van der Waals surface area contributed by atoms with Gasteiger partial charge in [0.15, 0.2) is 5.13 Å². The first-order valence-corrected chi connectivity index (χ1v) is 7.15. The zero-order valence-electron chi connectivity index (χ0n) is 11.4. The van der Waals surface area contributed by atoms with Crippen molar-refractivity contribution in [1.82, 2.24) is 14.5 Å². The van der Waals surface area contributed by atoms with E-state index in [-0.39, 0.29) is 5.69 Å². The van der Waals surface area contributed by atoms with E-state index in [0.29, 0.717) is 6.54 Å². The van der Waals surface area contributed by atoms with Crippen LogP contribution in [-0.4, -0.2) is 21.1 Å². The molecular formula is C13H18N4OS. The number of hydrogen-bond acceptors (Lipinski definition) is 5. The Morgan fingerprint density at radius 1 is 1.42 bits per heavy atom. The molecule has 0 aliphatic heterocycles. The highest BCUT2D eigenvalue weighted by molar-refractivity contribution is 7.15. The Bertz CT molecular complexity index is 617. The maximum absolute atomic E-state index is 11.9. The molecule has 0 spiro atoms. The van der Waals surface area contributed by atoms with Crippen molar-refractivity contribution in [1.29, 1.82) is 0 Å². The average Bonchev–Trinajstić information content (AvgIpc) is 2.79. The second-order valence-electron chi connectivity index (χ2n) is 4.47. The number of aryl methyl sites for hydroxylation is 2. The molecular weight excluding hydrogens is 260 g/mol. The van der Waals surface area contributed by atoms with E-state index in [1.54, 1.807) is 15.9 Å². The summed E-state index contributed by atoms with van der Waals surface area (Å²) in [5, 5.41) is 4.15. The van der Waals surface area contributed by atoms with Crippen LogP contribution in [0.15, 0.2) is 17.1 Å². The molecule has 0 radical (unpaired) electrons. The molecule has 5 nitrogen and oxygen atoms in total. The fourth-order valence-electron chi connectivity index (χ4n) is 1.82. The van der Waals surface area contributed by atoms with Gasteiger partial charge in [0.2, 0.25) is 0 Å². The molecule has 2 aromatic heterocycles. The summed E-state index contributed by atoms with van der Waals surface area (Å²) in [6, 6.07) is 1.92. The van der Waals surface area contributed by atoms with Gasteiger partial charge in [-0.2, -0.15) is 4.98 Å². The smallest absolute Gasteiger partial charge is 0.348 e. The molecule has 2 aromatic rings. The van der Waals surface area contributed by atoms with Crippen LogP contribution in [0.5, 0.6) is 0 Å². The van der Waals surface area contributed by atoms with Gasteiger partial charge in [0, 0.05) is 29.0 Å². The van der Waals surface area contributed by atoms with E-state index in [2.05, 4.69) is 22.2 Å². The van der Waals surface area contributed by atoms with Crippen LogP contribution in [0.25, 0.3) is 0 Å². The summed E-state index contributed by atoms with van der Waals surface area (Å²) in [5.74, 6) is 0. The van der Waals surface area contributed by atoms with Crippen LogP contribution in [0, 0.1) is 13.8 Å². The molecule has 0 unspecified atom stereocenters. The van der Waals surface area contributed by atoms with Gasteiger partial charge in [0.05, 0.1) is 6.54 Å². The van der Waals surface area contributed by atoms with E-state index in [0.717, 1.165) is 34.4 Å². The number of thiazole rings is 1. The number of hydrogen-bond donors (Lipinski definition) is 1. The fourth-order valence-corrected chi connectivity index (χ4v) is 2.64. The van der Waals surface area contributed by atoms with Crippen molar-refractivity contribution in [2.75, 3.05) is 11.9 Å². The van der Waals surface area contributed by atoms with Gasteiger partial charge < -0.3 is 5.32 Å². The molecule has 0 bridgehead atoms. The summed E-state index contributed by atoms with van der Waals surface area (Å²) in [6.07, 6.45) is 2.88. The minimum Gasteiger partial charge on any atom is -0.362 e. The van der Waals surface area contributed by atoms with E-state index >= 15 is 0 Å². The third-order valence-electron chi connectivity index (χ3n) is 2.74. The van der Waals surface area contributed by atoms with Crippen molar-refractivity contribution in [2.45, 2.75) is 33.7 Å². The van der Waals surface area contributed by atoms with Crippen molar-refractivity contribution in [3.8, 4) is 0 Å². The summed E-state index contributed by atoms with van der Waals surface area (Å²) >= 11 is 1.58. The number of nitrogens with zero attached hydrogens (tertiary/aromatic N) is 3. The molecule has 0 aromatic carbocycles. The summed E-state index contributed by atoms with van der Waals surface area (Å²) < 4.78 is 1.67. The quantitative estimate of drug-likeness (QED) is 0.910. The monoisotopic (exact) mass is 278 g/mol. The van der Waals surface area contributed by atoms with Crippen LogP contribution >= 0.6 is 11.3 Å². The first-order valence-electron chi connectivity index (χ1n) is 6.34. The summed E-state index contributed by atoms with van der Waals surface area (Å²) in [6.45, 7) is 7.31. The standard InChI is InChI=1S/C13H18N4OS/c1-4-5-14-12-15-7-11(19-12)8-17-10(3)6-9(2)16-13(17)18/h6-7H,4-5,8H2,1-3H3,(H,14,15). The van der Waals surface area contributed by atoms with Crippen LogP contribution in [-0.2, 0) is 6.54 Å². The minimum atomic E-state index is -0.200. The van der Waals surface area contributed by atoms with Gasteiger partial charge in [-0.3, -0.25) is 4.57 Å². The van der Waals surface area contributed by atoms with E-state index in [4.69, 9.17) is 0 Å². The Balaban J connectivity index is 2.17. The fraction of sp³-hybridized carbons (Fsp3) is 0.462. The molecule has 0 atom stereocenters. The molecule has 19 heavy (non-hydrogen) atoms. The van der Waals surface area contributed by atoms with Gasteiger partial charge in [-0.25, -0.2) is 9.78 Å². The van der Waals surface area contributed by atoms with E-state index in [9.17, 15) is 4.79 Å². The second kappa shape index (κ2) is 5.97. The molecule has 0 amide bonds. The van der Waals surface area contributed by atoms with Crippen molar-refractivity contribution < 1.29 is 0 Å². The molecule has 0 saturated heterocycles. The van der Waals surface area contributed by atoms with Crippen LogP contribution < -0.4 is 11.0 Å². The van der Waals surface area contributed by atoms with Gasteiger partial charge in [-0.1, -0.05) is 6.92 Å². The molecule has 6 heteroatoms. The average molecular weight is 278 g/mol. The molecule has 0 saturated carbocycles. The lowest BCUT2D eigenvalue weighted by molar-refractivity contribution is 0.700. The Kier molecular flexibility index (Phi) is 4.31. The normalized spacial score (nSPS) is 10.7. The van der Waals surface area contributed by atoms with Gasteiger partial charge in [-0.15, -0.1) is 11.3 Å². The largest absolute Gasteiger partial charge is 0.362 e. The Labute approximate surface area is 116 Å². The molecule has 2 heterocycles. The molecule has 0 aliphatic carbocycles. The lowest BCUT2D eigenvalue weighted by atomic mass is 10.3. The number of rotatable bonds is 5. The molecule has 0 aliphatic rings. The van der Waals surface area contributed by atoms with Crippen molar-refractivity contribution in [2.24, 2.45) is 0 Å². The lowest BCUT2D eigenvalue weighted by Gasteiger charge is -2.07. The number of aromatic nitrogens is 3. The first kappa shape index (κ1) is 13.7. The zero-order chi connectivity index (χ0) is 13.8.